The topological polar surface area (TPSA) is 80.0 Å². The molecule has 178 valence electrons. The Balaban J connectivity index is 1.35. The van der Waals surface area contributed by atoms with E-state index in [0.29, 0.717) is 59.9 Å². The van der Waals surface area contributed by atoms with E-state index < -0.39 is 0 Å². The van der Waals surface area contributed by atoms with E-state index in [2.05, 4.69) is 15.1 Å². The van der Waals surface area contributed by atoms with Gasteiger partial charge in [0.2, 0.25) is 11.9 Å². The van der Waals surface area contributed by atoms with Gasteiger partial charge < -0.3 is 9.80 Å². The molecule has 0 spiro atoms. The first-order valence-electron chi connectivity index (χ1n) is 11.2. The number of carbonyl (C=O) groups is 1. The van der Waals surface area contributed by atoms with Crippen molar-refractivity contribution >= 4 is 23.5 Å². The first-order chi connectivity index (χ1) is 17.0. The molecule has 0 bridgehead atoms. The molecule has 0 N–H and O–H groups in total. The van der Waals surface area contributed by atoms with Crippen LogP contribution in [0.15, 0.2) is 60.9 Å². The lowest BCUT2D eigenvalue weighted by Crippen LogP contribution is -2.50. The van der Waals surface area contributed by atoms with Crippen LogP contribution in [0.5, 0.6) is 0 Å². The van der Waals surface area contributed by atoms with E-state index in [1.54, 1.807) is 36.1 Å². The quantitative estimate of drug-likeness (QED) is 0.422. The predicted molar refractivity (Wildman–Crippen MR) is 131 cm³/mol. The Bertz CT molecular complexity index is 1340. The zero-order chi connectivity index (χ0) is 24.4. The van der Waals surface area contributed by atoms with Crippen molar-refractivity contribution in [1.29, 1.82) is 0 Å². The Morgan fingerprint density at radius 2 is 1.71 bits per heavy atom. The van der Waals surface area contributed by atoms with Crippen LogP contribution in [0.3, 0.4) is 0 Å². The van der Waals surface area contributed by atoms with Gasteiger partial charge >= 0.3 is 0 Å². The fourth-order valence-electron chi connectivity index (χ4n) is 4.01. The van der Waals surface area contributed by atoms with Crippen molar-refractivity contribution in [3.63, 3.8) is 0 Å². The van der Waals surface area contributed by atoms with Gasteiger partial charge in [-0.05, 0) is 30.7 Å². The summed E-state index contributed by atoms with van der Waals surface area (Å²) in [5.74, 6) is 1.30. The molecule has 0 saturated carbocycles. The van der Waals surface area contributed by atoms with Crippen LogP contribution in [0.2, 0.25) is 5.02 Å². The third kappa shape index (κ3) is 5.00. The predicted octanol–water partition coefficient (Wildman–Crippen LogP) is 3.85. The molecular weight excluding hydrogens is 469 g/mol. The number of halogens is 2. The van der Waals surface area contributed by atoms with Gasteiger partial charge in [0.1, 0.15) is 12.4 Å². The number of anilines is 1. The van der Waals surface area contributed by atoms with Crippen molar-refractivity contribution in [2.45, 2.75) is 13.5 Å². The lowest BCUT2D eigenvalue weighted by Gasteiger charge is -2.34. The summed E-state index contributed by atoms with van der Waals surface area (Å²) in [6.45, 7) is 4.09. The van der Waals surface area contributed by atoms with Crippen molar-refractivity contribution < 1.29 is 9.18 Å². The molecule has 0 unspecified atom stereocenters. The molecule has 1 aliphatic heterocycles. The van der Waals surface area contributed by atoms with Gasteiger partial charge in [-0.15, -0.1) is 5.10 Å². The van der Waals surface area contributed by atoms with E-state index >= 15 is 0 Å². The van der Waals surface area contributed by atoms with Crippen LogP contribution < -0.4 is 4.90 Å². The molecule has 0 aliphatic carbocycles. The first-order valence-corrected chi connectivity index (χ1v) is 11.6. The highest BCUT2D eigenvalue weighted by atomic mass is 35.5. The average Bonchev–Trinajstić information content (AvgIpc) is 3.30. The van der Waals surface area contributed by atoms with Gasteiger partial charge in [-0.1, -0.05) is 41.9 Å². The fraction of sp³-hybridized carbons (Fsp3) is 0.240. The van der Waals surface area contributed by atoms with E-state index in [1.807, 2.05) is 40.1 Å². The van der Waals surface area contributed by atoms with Crippen molar-refractivity contribution in [3.8, 4) is 22.8 Å². The smallest absolute Gasteiger partial charge is 0.244 e. The maximum absolute atomic E-state index is 13.8. The fourth-order valence-corrected chi connectivity index (χ4v) is 4.11. The Morgan fingerprint density at radius 1 is 1.00 bits per heavy atom. The molecular formula is C25H23ClFN7O. The van der Waals surface area contributed by atoms with Crippen molar-refractivity contribution in [3.05, 3.63) is 77.3 Å². The van der Waals surface area contributed by atoms with Crippen LogP contribution in [0, 0.1) is 12.7 Å². The van der Waals surface area contributed by atoms with Crippen molar-refractivity contribution in [2.75, 3.05) is 31.1 Å². The minimum absolute atomic E-state index is 0.0504. The molecule has 35 heavy (non-hydrogen) atoms. The molecule has 0 radical (unpaired) electrons. The molecule has 5 rings (SSSR count). The van der Waals surface area contributed by atoms with Gasteiger partial charge in [0.15, 0.2) is 11.6 Å². The number of carbonyl (C=O) groups excluding carboxylic acids is 1. The second kappa shape index (κ2) is 9.79. The van der Waals surface area contributed by atoms with Crippen LogP contribution in [0.25, 0.3) is 22.8 Å². The molecule has 8 nitrogen and oxygen atoms in total. The second-order valence-electron chi connectivity index (χ2n) is 8.32. The van der Waals surface area contributed by atoms with Crippen LogP contribution in [0.1, 0.15) is 5.56 Å². The molecule has 1 fully saturated rings. The maximum Gasteiger partial charge on any atom is 0.244 e. The molecule has 1 aliphatic rings. The van der Waals surface area contributed by atoms with E-state index in [1.165, 1.54) is 6.07 Å². The number of rotatable bonds is 5. The number of hydrogen-bond donors (Lipinski definition) is 0. The zero-order valence-electron chi connectivity index (χ0n) is 19.1. The molecule has 2 aromatic heterocycles. The van der Waals surface area contributed by atoms with Crippen molar-refractivity contribution in [2.24, 2.45) is 0 Å². The molecule has 1 amide bonds. The second-order valence-corrected chi connectivity index (χ2v) is 8.75. The third-order valence-corrected chi connectivity index (χ3v) is 6.12. The standard InChI is InChI=1S/C25H23ClFN7O/c1-17-13-19(7-8-21(17)27)23-30-24(18-5-3-2-4-6-18)34(31-23)16-22(35)32-9-11-33(12-10-32)25-28-14-20(26)15-29-25/h2-8,13-15H,9-12,16H2,1H3. The molecule has 10 heteroatoms. The largest absolute Gasteiger partial charge is 0.338 e. The van der Waals surface area contributed by atoms with Gasteiger partial charge in [0, 0.05) is 37.3 Å². The highest BCUT2D eigenvalue weighted by Gasteiger charge is 2.24. The van der Waals surface area contributed by atoms with Crippen LogP contribution in [0.4, 0.5) is 10.3 Å². The monoisotopic (exact) mass is 491 g/mol. The minimum atomic E-state index is -0.283. The van der Waals surface area contributed by atoms with Gasteiger partial charge in [-0.25, -0.2) is 24.0 Å². The minimum Gasteiger partial charge on any atom is -0.338 e. The molecule has 0 atom stereocenters. The Labute approximate surface area is 207 Å². The van der Waals surface area contributed by atoms with Gasteiger partial charge in [0.05, 0.1) is 17.4 Å². The lowest BCUT2D eigenvalue weighted by atomic mass is 10.1. The molecule has 1 saturated heterocycles. The van der Waals surface area contributed by atoms with E-state index in [-0.39, 0.29) is 18.3 Å². The Hall–Kier alpha value is -3.85. The maximum atomic E-state index is 13.8. The number of amides is 1. The average molecular weight is 492 g/mol. The molecule has 2 aromatic carbocycles. The first kappa shape index (κ1) is 22.9. The summed E-state index contributed by atoms with van der Waals surface area (Å²) in [5, 5.41) is 5.11. The van der Waals surface area contributed by atoms with Crippen molar-refractivity contribution in [1.82, 2.24) is 29.6 Å². The number of aromatic nitrogens is 5. The van der Waals surface area contributed by atoms with Crippen LogP contribution in [-0.4, -0.2) is 61.7 Å². The van der Waals surface area contributed by atoms with Crippen LogP contribution >= 0.6 is 11.6 Å². The zero-order valence-corrected chi connectivity index (χ0v) is 19.9. The third-order valence-electron chi connectivity index (χ3n) is 5.93. The normalized spacial score (nSPS) is 13.8. The highest BCUT2D eigenvalue weighted by Crippen LogP contribution is 2.24. The number of nitrogens with zero attached hydrogens (tertiary/aromatic N) is 7. The number of piperazine rings is 1. The molecule has 4 aromatic rings. The summed E-state index contributed by atoms with van der Waals surface area (Å²) in [5.41, 5.74) is 2.06. The summed E-state index contributed by atoms with van der Waals surface area (Å²) >= 11 is 5.88. The van der Waals surface area contributed by atoms with Gasteiger partial charge in [-0.2, -0.15) is 0 Å². The summed E-state index contributed by atoms with van der Waals surface area (Å²) in [6.07, 6.45) is 3.13. The summed E-state index contributed by atoms with van der Waals surface area (Å²) in [6, 6.07) is 14.4. The summed E-state index contributed by atoms with van der Waals surface area (Å²) in [7, 11) is 0. The number of hydrogen-bond acceptors (Lipinski definition) is 6. The SMILES string of the molecule is Cc1cc(-c2nc(-c3ccccc3)n(CC(=O)N3CCN(c4ncc(Cl)cn4)CC3)n2)ccc1F. The van der Waals surface area contributed by atoms with E-state index in [9.17, 15) is 9.18 Å². The van der Waals surface area contributed by atoms with E-state index in [4.69, 9.17) is 16.6 Å². The summed E-state index contributed by atoms with van der Waals surface area (Å²) in [4.78, 5) is 30.3. The molecule has 3 heterocycles. The lowest BCUT2D eigenvalue weighted by molar-refractivity contribution is -0.132. The highest BCUT2D eigenvalue weighted by molar-refractivity contribution is 6.30. The number of aryl methyl sites for hydroxylation is 1. The van der Waals surface area contributed by atoms with E-state index in [0.717, 1.165) is 5.56 Å². The van der Waals surface area contributed by atoms with Gasteiger partial charge in [-0.3, -0.25) is 4.79 Å². The number of benzene rings is 2. The Morgan fingerprint density at radius 3 is 2.40 bits per heavy atom. The summed E-state index contributed by atoms with van der Waals surface area (Å²) < 4.78 is 15.4. The van der Waals surface area contributed by atoms with Gasteiger partial charge in [0.25, 0.3) is 0 Å². The van der Waals surface area contributed by atoms with Crippen LogP contribution in [-0.2, 0) is 11.3 Å². The Kier molecular flexibility index (Phi) is 6.41.